The zero-order chi connectivity index (χ0) is 17.1. The zero-order valence-electron chi connectivity index (χ0n) is 14.4. The summed E-state index contributed by atoms with van der Waals surface area (Å²) in [6, 6.07) is 12.5. The Morgan fingerprint density at radius 3 is 2.56 bits per heavy atom. The third-order valence-electron chi connectivity index (χ3n) is 5.02. The van der Waals surface area contributed by atoms with E-state index in [9.17, 15) is 5.11 Å². The quantitative estimate of drug-likeness (QED) is 0.838. The average Bonchev–Trinajstić information content (AvgIpc) is 3.52. The maximum absolute atomic E-state index is 10.3. The van der Waals surface area contributed by atoms with Gasteiger partial charge in [0.1, 0.15) is 18.0 Å². The Morgan fingerprint density at radius 2 is 1.84 bits per heavy atom. The maximum atomic E-state index is 10.3. The van der Waals surface area contributed by atoms with E-state index in [1.54, 1.807) is 6.33 Å². The highest BCUT2D eigenvalue weighted by atomic mass is 16.3. The molecule has 1 aromatic heterocycles. The molecule has 132 valence electrons. The van der Waals surface area contributed by atoms with E-state index in [2.05, 4.69) is 25.1 Å². The zero-order valence-corrected chi connectivity index (χ0v) is 14.4. The van der Waals surface area contributed by atoms with Crippen LogP contribution in [0.2, 0.25) is 0 Å². The van der Waals surface area contributed by atoms with Gasteiger partial charge in [-0.1, -0.05) is 30.3 Å². The molecular weight excluding hydrogens is 314 g/mol. The van der Waals surface area contributed by atoms with Gasteiger partial charge in [-0.3, -0.25) is 4.90 Å². The molecule has 1 aliphatic carbocycles. The Morgan fingerprint density at radius 1 is 1.08 bits per heavy atom. The topological polar surface area (TPSA) is 64.5 Å². The molecule has 4 rings (SSSR count). The van der Waals surface area contributed by atoms with Crippen LogP contribution in [-0.2, 0) is 0 Å². The first kappa shape index (κ1) is 16.3. The molecule has 2 aliphatic rings. The minimum absolute atomic E-state index is 0.427. The number of hydrogen-bond acceptors (Lipinski definition) is 6. The summed E-state index contributed by atoms with van der Waals surface area (Å²) in [6.07, 6.45) is 3.78. The van der Waals surface area contributed by atoms with Crippen molar-refractivity contribution in [2.45, 2.75) is 25.0 Å². The fourth-order valence-electron chi connectivity index (χ4n) is 3.37. The van der Waals surface area contributed by atoms with E-state index in [0.29, 0.717) is 6.54 Å². The Bertz CT molecular complexity index is 683. The number of aromatic nitrogens is 2. The predicted octanol–water partition coefficient (Wildman–Crippen LogP) is 1.91. The van der Waals surface area contributed by atoms with Crippen LogP contribution in [0.4, 0.5) is 11.6 Å². The van der Waals surface area contributed by atoms with E-state index in [1.165, 1.54) is 12.8 Å². The molecule has 0 unspecified atom stereocenters. The first-order valence-corrected chi connectivity index (χ1v) is 9.07. The van der Waals surface area contributed by atoms with Crippen LogP contribution in [0.15, 0.2) is 42.7 Å². The van der Waals surface area contributed by atoms with E-state index in [4.69, 9.17) is 0 Å². The molecule has 6 heteroatoms. The minimum Gasteiger partial charge on any atom is -0.387 e. The van der Waals surface area contributed by atoms with Gasteiger partial charge in [-0.25, -0.2) is 9.97 Å². The van der Waals surface area contributed by atoms with E-state index in [-0.39, 0.29) is 0 Å². The number of benzene rings is 1. The number of hydrogen-bond donors (Lipinski definition) is 2. The lowest BCUT2D eigenvalue weighted by Crippen LogP contribution is -2.47. The Balaban J connectivity index is 1.33. The molecule has 2 fully saturated rings. The third-order valence-corrected chi connectivity index (χ3v) is 5.02. The van der Waals surface area contributed by atoms with Crippen molar-refractivity contribution in [1.29, 1.82) is 0 Å². The summed E-state index contributed by atoms with van der Waals surface area (Å²) < 4.78 is 0. The monoisotopic (exact) mass is 339 g/mol. The van der Waals surface area contributed by atoms with Gasteiger partial charge < -0.3 is 15.3 Å². The standard InChI is InChI=1S/C19H25N5O/c25-17(15-4-2-1-3-5-15)13-20-18-12-19(22-14-21-18)24-10-8-23(9-11-24)16-6-7-16/h1-5,12,14,16-17,25H,6-11,13H2,(H,20,21,22)/t17-/m0/s1. The first-order chi connectivity index (χ1) is 12.3. The summed E-state index contributed by atoms with van der Waals surface area (Å²) in [7, 11) is 0. The summed E-state index contributed by atoms with van der Waals surface area (Å²) in [5.41, 5.74) is 0.903. The second-order valence-electron chi connectivity index (χ2n) is 6.82. The molecule has 0 radical (unpaired) electrons. The van der Waals surface area contributed by atoms with Crippen LogP contribution < -0.4 is 10.2 Å². The van der Waals surface area contributed by atoms with Crippen LogP contribution >= 0.6 is 0 Å². The summed E-state index contributed by atoms with van der Waals surface area (Å²) >= 11 is 0. The van der Waals surface area contributed by atoms with Crippen molar-refractivity contribution in [1.82, 2.24) is 14.9 Å². The van der Waals surface area contributed by atoms with Crippen molar-refractivity contribution in [2.24, 2.45) is 0 Å². The molecule has 0 bridgehead atoms. The van der Waals surface area contributed by atoms with Crippen molar-refractivity contribution in [3.8, 4) is 0 Å². The molecule has 1 saturated carbocycles. The number of nitrogens with zero attached hydrogens (tertiary/aromatic N) is 4. The van der Waals surface area contributed by atoms with Gasteiger partial charge in [-0.15, -0.1) is 0 Å². The molecule has 1 atom stereocenters. The fourth-order valence-corrected chi connectivity index (χ4v) is 3.37. The Hall–Kier alpha value is -2.18. The summed E-state index contributed by atoms with van der Waals surface area (Å²) in [6.45, 7) is 4.68. The van der Waals surface area contributed by atoms with E-state index >= 15 is 0 Å². The van der Waals surface area contributed by atoms with Gasteiger partial charge in [-0.05, 0) is 18.4 Å². The highest BCUT2D eigenvalue weighted by molar-refractivity contribution is 5.49. The molecule has 1 aliphatic heterocycles. The molecule has 0 amide bonds. The highest BCUT2D eigenvalue weighted by Gasteiger charge is 2.31. The van der Waals surface area contributed by atoms with Gasteiger partial charge in [0.2, 0.25) is 0 Å². The summed E-state index contributed by atoms with van der Waals surface area (Å²) in [5, 5.41) is 13.5. The molecule has 1 saturated heterocycles. The van der Waals surface area contributed by atoms with Crippen LogP contribution in [0, 0.1) is 0 Å². The lowest BCUT2D eigenvalue weighted by molar-refractivity contribution is 0.191. The van der Waals surface area contributed by atoms with Crippen molar-refractivity contribution in [2.75, 3.05) is 42.9 Å². The number of rotatable bonds is 6. The van der Waals surface area contributed by atoms with Crippen molar-refractivity contribution in [3.05, 3.63) is 48.3 Å². The predicted molar refractivity (Wildman–Crippen MR) is 98.7 cm³/mol. The van der Waals surface area contributed by atoms with E-state index < -0.39 is 6.10 Å². The normalized spacial score (nSPS) is 19.6. The van der Waals surface area contributed by atoms with Crippen LogP contribution in [0.1, 0.15) is 24.5 Å². The summed E-state index contributed by atoms with van der Waals surface area (Å²) in [5.74, 6) is 1.71. The van der Waals surface area contributed by atoms with Crippen molar-refractivity contribution in [3.63, 3.8) is 0 Å². The molecule has 2 heterocycles. The number of aliphatic hydroxyl groups is 1. The van der Waals surface area contributed by atoms with Gasteiger partial charge in [0.05, 0.1) is 6.10 Å². The number of aliphatic hydroxyl groups excluding tert-OH is 1. The second-order valence-corrected chi connectivity index (χ2v) is 6.82. The molecule has 1 aromatic carbocycles. The average molecular weight is 339 g/mol. The molecule has 6 nitrogen and oxygen atoms in total. The first-order valence-electron chi connectivity index (χ1n) is 9.07. The highest BCUT2D eigenvalue weighted by Crippen LogP contribution is 2.28. The second kappa shape index (κ2) is 7.37. The number of piperazine rings is 1. The smallest absolute Gasteiger partial charge is 0.134 e. The van der Waals surface area contributed by atoms with Crippen molar-refractivity contribution >= 4 is 11.6 Å². The Kier molecular flexibility index (Phi) is 4.81. The number of anilines is 2. The van der Waals surface area contributed by atoms with Crippen molar-refractivity contribution < 1.29 is 5.11 Å². The van der Waals surface area contributed by atoms with Crippen LogP contribution in [0.5, 0.6) is 0 Å². The largest absolute Gasteiger partial charge is 0.387 e. The van der Waals surface area contributed by atoms with Crippen LogP contribution in [0.3, 0.4) is 0 Å². The maximum Gasteiger partial charge on any atom is 0.134 e. The van der Waals surface area contributed by atoms with Gasteiger partial charge in [-0.2, -0.15) is 0 Å². The molecule has 2 N–H and O–H groups in total. The molecule has 0 spiro atoms. The van der Waals surface area contributed by atoms with Gasteiger partial charge in [0.15, 0.2) is 0 Å². The van der Waals surface area contributed by atoms with Crippen LogP contribution in [-0.4, -0.2) is 58.7 Å². The van der Waals surface area contributed by atoms with Gasteiger partial charge in [0, 0.05) is 44.8 Å². The van der Waals surface area contributed by atoms with Gasteiger partial charge >= 0.3 is 0 Å². The van der Waals surface area contributed by atoms with Crippen LogP contribution in [0.25, 0.3) is 0 Å². The lowest BCUT2D eigenvalue weighted by atomic mass is 10.1. The summed E-state index contributed by atoms with van der Waals surface area (Å²) in [4.78, 5) is 13.6. The molecule has 25 heavy (non-hydrogen) atoms. The Labute approximate surface area is 148 Å². The minimum atomic E-state index is -0.554. The van der Waals surface area contributed by atoms with Gasteiger partial charge in [0.25, 0.3) is 0 Å². The van der Waals surface area contributed by atoms with E-state index in [0.717, 1.165) is 49.4 Å². The molecule has 2 aromatic rings. The number of nitrogens with one attached hydrogen (secondary N) is 1. The third kappa shape index (κ3) is 4.08. The lowest BCUT2D eigenvalue weighted by Gasteiger charge is -2.35. The molecular formula is C19H25N5O. The fraction of sp³-hybridized carbons (Fsp3) is 0.474. The SMILES string of the molecule is O[C@@H](CNc1cc(N2CCN(C3CC3)CC2)ncn1)c1ccccc1. The van der Waals surface area contributed by atoms with E-state index in [1.807, 2.05) is 36.4 Å².